The molecule has 0 spiro atoms. The van der Waals surface area contributed by atoms with Crippen LogP contribution in [0.2, 0.25) is 0 Å². The molecule has 2 rings (SSSR count). The van der Waals surface area contributed by atoms with Crippen LogP contribution < -0.4 is 11.4 Å². The first kappa shape index (κ1) is 9.39. The van der Waals surface area contributed by atoms with E-state index in [0.29, 0.717) is 12.4 Å². The number of pyridine rings is 1. The van der Waals surface area contributed by atoms with E-state index in [2.05, 4.69) is 9.97 Å². The van der Waals surface area contributed by atoms with Gasteiger partial charge in [-0.15, -0.1) is 0 Å². The first-order chi connectivity index (χ1) is 7.25. The lowest BCUT2D eigenvalue weighted by Crippen LogP contribution is -2.22. The highest BCUT2D eigenvalue weighted by atomic mass is 16.1. The summed E-state index contributed by atoms with van der Waals surface area (Å²) in [6.45, 7) is 0.387. The Hall–Kier alpha value is -2.17. The van der Waals surface area contributed by atoms with Gasteiger partial charge in [-0.25, -0.2) is 14.8 Å². The molecule has 0 aliphatic heterocycles. The largest absolute Gasteiger partial charge is 0.384 e. The third-order valence-electron chi connectivity index (χ3n) is 1.94. The smallest absolute Gasteiger partial charge is 0.347 e. The van der Waals surface area contributed by atoms with Gasteiger partial charge in [-0.3, -0.25) is 4.57 Å². The maximum atomic E-state index is 11.3. The van der Waals surface area contributed by atoms with Gasteiger partial charge in [0.05, 0.1) is 12.2 Å². The summed E-state index contributed by atoms with van der Waals surface area (Å²) < 4.78 is 1.47. The molecular weight excluding hydrogens is 192 g/mol. The zero-order chi connectivity index (χ0) is 10.7. The zero-order valence-electron chi connectivity index (χ0n) is 8.00. The third kappa shape index (κ3) is 2.19. The van der Waals surface area contributed by atoms with Crippen molar-refractivity contribution in [2.45, 2.75) is 6.54 Å². The van der Waals surface area contributed by atoms with E-state index in [1.807, 2.05) is 6.07 Å². The Morgan fingerprint density at radius 1 is 1.33 bits per heavy atom. The van der Waals surface area contributed by atoms with Crippen molar-refractivity contribution in [3.63, 3.8) is 0 Å². The van der Waals surface area contributed by atoms with E-state index < -0.39 is 0 Å². The number of rotatable bonds is 2. The molecule has 0 atom stereocenters. The number of hydrogen-bond acceptors (Lipinski definition) is 4. The van der Waals surface area contributed by atoms with Gasteiger partial charge < -0.3 is 5.73 Å². The highest BCUT2D eigenvalue weighted by molar-refractivity contribution is 5.28. The number of nitrogens with two attached hydrogens (primary N) is 1. The van der Waals surface area contributed by atoms with E-state index in [1.54, 1.807) is 24.4 Å². The lowest BCUT2D eigenvalue weighted by atomic mass is 10.3. The average Bonchev–Trinajstić information content (AvgIpc) is 2.22. The van der Waals surface area contributed by atoms with Crippen molar-refractivity contribution in [1.29, 1.82) is 0 Å². The Kier molecular flexibility index (Phi) is 2.45. The summed E-state index contributed by atoms with van der Waals surface area (Å²) in [5.41, 5.74) is 5.99. The minimum atomic E-state index is -0.290. The summed E-state index contributed by atoms with van der Waals surface area (Å²) in [5, 5.41) is 0. The van der Waals surface area contributed by atoms with Crippen LogP contribution in [-0.4, -0.2) is 14.5 Å². The molecule has 0 aliphatic carbocycles. The van der Waals surface area contributed by atoms with E-state index in [4.69, 9.17) is 5.73 Å². The zero-order valence-corrected chi connectivity index (χ0v) is 8.00. The summed E-state index contributed by atoms with van der Waals surface area (Å²) in [4.78, 5) is 19.0. The molecule has 5 heteroatoms. The summed E-state index contributed by atoms with van der Waals surface area (Å²) in [6, 6.07) is 7.03. The highest BCUT2D eigenvalue weighted by Gasteiger charge is 1.98. The molecule has 0 aliphatic rings. The van der Waals surface area contributed by atoms with Crippen molar-refractivity contribution in [3.05, 3.63) is 52.8 Å². The van der Waals surface area contributed by atoms with Crippen LogP contribution in [0.4, 0.5) is 5.82 Å². The Morgan fingerprint density at radius 3 is 2.93 bits per heavy atom. The second kappa shape index (κ2) is 3.91. The predicted octanol–water partition coefficient (Wildman–Crippen LogP) is 0.269. The topological polar surface area (TPSA) is 73.8 Å². The van der Waals surface area contributed by atoms with E-state index in [-0.39, 0.29) is 5.69 Å². The lowest BCUT2D eigenvalue weighted by molar-refractivity contribution is 0.712. The summed E-state index contributed by atoms with van der Waals surface area (Å²) in [7, 11) is 0. The van der Waals surface area contributed by atoms with E-state index in [0.717, 1.165) is 5.69 Å². The van der Waals surface area contributed by atoms with Crippen LogP contribution >= 0.6 is 0 Å². The molecule has 76 valence electrons. The maximum absolute atomic E-state index is 11.3. The Morgan fingerprint density at radius 2 is 2.20 bits per heavy atom. The fourth-order valence-electron chi connectivity index (χ4n) is 1.27. The summed E-state index contributed by atoms with van der Waals surface area (Å²) in [6.07, 6.45) is 3.13. The number of anilines is 1. The summed E-state index contributed by atoms with van der Waals surface area (Å²) >= 11 is 0. The molecule has 2 N–H and O–H groups in total. The van der Waals surface area contributed by atoms with Gasteiger partial charge in [-0.1, -0.05) is 6.07 Å². The maximum Gasteiger partial charge on any atom is 0.347 e. The predicted molar refractivity (Wildman–Crippen MR) is 56.2 cm³/mol. The second-order valence-corrected chi connectivity index (χ2v) is 3.08. The fourth-order valence-corrected chi connectivity index (χ4v) is 1.27. The molecule has 0 saturated heterocycles. The van der Waals surface area contributed by atoms with Crippen molar-refractivity contribution in [3.8, 4) is 0 Å². The molecule has 5 nitrogen and oxygen atoms in total. The van der Waals surface area contributed by atoms with E-state index >= 15 is 0 Å². The van der Waals surface area contributed by atoms with Crippen LogP contribution in [0.15, 0.2) is 41.5 Å². The quantitative estimate of drug-likeness (QED) is 0.758. The van der Waals surface area contributed by atoms with Crippen LogP contribution in [0.5, 0.6) is 0 Å². The number of nitrogens with zero attached hydrogens (tertiary/aromatic N) is 3. The molecular formula is C10H10N4O. The Labute approximate surface area is 86.2 Å². The van der Waals surface area contributed by atoms with Gasteiger partial charge in [0.1, 0.15) is 5.82 Å². The average molecular weight is 202 g/mol. The van der Waals surface area contributed by atoms with Gasteiger partial charge >= 0.3 is 5.69 Å². The Bertz CT molecular complexity index is 521. The molecule has 2 aromatic heterocycles. The SMILES string of the molecule is Nc1cccc(Cn2cccnc2=O)n1. The molecule has 0 fully saturated rings. The van der Waals surface area contributed by atoms with Gasteiger partial charge in [-0.2, -0.15) is 0 Å². The molecule has 2 aromatic rings. The van der Waals surface area contributed by atoms with Crippen LogP contribution in [-0.2, 0) is 6.54 Å². The lowest BCUT2D eigenvalue weighted by Gasteiger charge is -2.03. The molecule has 2 heterocycles. The molecule has 0 unspecified atom stereocenters. The summed E-state index contributed by atoms with van der Waals surface area (Å²) in [5.74, 6) is 0.449. The van der Waals surface area contributed by atoms with Crippen molar-refractivity contribution < 1.29 is 0 Å². The molecule has 0 radical (unpaired) electrons. The highest BCUT2D eigenvalue weighted by Crippen LogP contribution is 2.01. The van der Waals surface area contributed by atoms with Crippen molar-refractivity contribution in [2.24, 2.45) is 0 Å². The first-order valence-corrected chi connectivity index (χ1v) is 4.48. The van der Waals surface area contributed by atoms with Crippen molar-refractivity contribution in [2.75, 3.05) is 5.73 Å². The van der Waals surface area contributed by atoms with Crippen molar-refractivity contribution in [1.82, 2.24) is 14.5 Å². The van der Waals surface area contributed by atoms with Crippen LogP contribution in [0, 0.1) is 0 Å². The minimum Gasteiger partial charge on any atom is -0.384 e. The normalized spacial score (nSPS) is 10.1. The van der Waals surface area contributed by atoms with E-state index in [1.165, 1.54) is 10.8 Å². The van der Waals surface area contributed by atoms with Crippen LogP contribution in [0.1, 0.15) is 5.69 Å². The minimum absolute atomic E-state index is 0.290. The standard InChI is InChI=1S/C10H10N4O/c11-9-4-1-3-8(13-9)7-14-6-2-5-12-10(14)15/h1-6H,7H2,(H2,11,13). The number of nitrogen functional groups attached to an aromatic ring is 1. The van der Waals surface area contributed by atoms with Crippen LogP contribution in [0.25, 0.3) is 0 Å². The van der Waals surface area contributed by atoms with E-state index in [9.17, 15) is 4.79 Å². The molecule has 0 saturated carbocycles. The second-order valence-electron chi connectivity index (χ2n) is 3.08. The van der Waals surface area contributed by atoms with Gasteiger partial charge in [0, 0.05) is 12.4 Å². The number of hydrogen-bond donors (Lipinski definition) is 1. The molecule has 0 aromatic carbocycles. The van der Waals surface area contributed by atoms with Crippen LogP contribution in [0.3, 0.4) is 0 Å². The molecule has 0 bridgehead atoms. The third-order valence-corrected chi connectivity index (χ3v) is 1.94. The first-order valence-electron chi connectivity index (χ1n) is 4.48. The fraction of sp³-hybridized carbons (Fsp3) is 0.100. The van der Waals surface area contributed by atoms with Gasteiger partial charge in [0.2, 0.25) is 0 Å². The van der Waals surface area contributed by atoms with Gasteiger partial charge in [0.15, 0.2) is 0 Å². The molecule has 0 amide bonds. The van der Waals surface area contributed by atoms with Gasteiger partial charge in [0.25, 0.3) is 0 Å². The number of aromatic nitrogens is 3. The Balaban J connectivity index is 2.30. The van der Waals surface area contributed by atoms with Gasteiger partial charge in [-0.05, 0) is 18.2 Å². The van der Waals surface area contributed by atoms with Crippen molar-refractivity contribution >= 4 is 5.82 Å². The molecule has 15 heavy (non-hydrogen) atoms. The monoisotopic (exact) mass is 202 g/mol.